The van der Waals surface area contributed by atoms with Crippen molar-refractivity contribution in [1.29, 1.82) is 0 Å². The Labute approximate surface area is 101 Å². The van der Waals surface area contributed by atoms with E-state index in [4.69, 9.17) is 0 Å². The van der Waals surface area contributed by atoms with Gasteiger partial charge in [-0.05, 0) is 19.8 Å². The standard InChI is InChI=1S/C12H20N2OS/c1-10(11-6-13-9-16-11)14-7-12(8-15)4-2-3-5-12/h6,9-10,14-15H,2-5,7-8H2,1H3. The van der Waals surface area contributed by atoms with E-state index in [0.29, 0.717) is 12.6 Å². The summed E-state index contributed by atoms with van der Waals surface area (Å²) in [5.74, 6) is 0. The number of thiazole rings is 1. The Morgan fingerprint density at radius 1 is 1.56 bits per heavy atom. The van der Waals surface area contributed by atoms with Crippen LogP contribution >= 0.6 is 11.3 Å². The first-order valence-electron chi connectivity index (χ1n) is 5.98. The SMILES string of the molecule is CC(NCC1(CO)CCCC1)c1cncs1. The van der Waals surface area contributed by atoms with E-state index in [1.807, 2.05) is 11.7 Å². The molecule has 0 amide bonds. The minimum Gasteiger partial charge on any atom is -0.396 e. The van der Waals surface area contributed by atoms with Crippen LogP contribution in [0.1, 0.15) is 43.5 Å². The first-order valence-corrected chi connectivity index (χ1v) is 6.86. The van der Waals surface area contributed by atoms with E-state index in [1.54, 1.807) is 11.3 Å². The van der Waals surface area contributed by atoms with Crippen LogP contribution in [0, 0.1) is 5.41 Å². The number of rotatable bonds is 5. The van der Waals surface area contributed by atoms with E-state index in [1.165, 1.54) is 17.7 Å². The molecule has 1 aliphatic carbocycles. The van der Waals surface area contributed by atoms with Crippen molar-refractivity contribution >= 4 is 11.3 Å². The summed E-state index contributed by atoms with van der Waals surface area (Å²) in [5.41, 5.74) is 2.00. The van der Waals surface area contributed by atoms with Crippen molar-refractivity contribution in [3.05, 3.63) is 16.6 Å². The smallest absolute Gasteiger partial charge is 0.0794 e. The van der Waals surface area contributed by atoms with Gasteiger partial charge in [-0.25, -0.2) is 0 Å². The minimum atomic E-state index is 0.138. The molecule has 1 saturated carbocycles. The Kier molecular flexibility index (Phi) is 3.95. The summed E-state index contributed by atoms with van der Waals surface area (Å²) < 4.78 is 0. The van der Waals surface area contributed by atoms with Gasteiger partial charge < -0.3 is 10.4 Å². The Morgan fingerprint density at radius 2 is 2.31 bits per heavy atom. The maximum atomic E-state index is 9.51. The molecule has 0 aromatic carbocycles. The quantitative estimate of drug-likeness (QED) is 0.830. The first kappa shape index (κ1) is 12.0. The zero-order valence-corrected chi connectivity index (χ0v) is 10.6. The third-order valence-electron chi connectivity index (χ3n) is 3.66. The molecular formula is C12H20N2OS. The van der Waals surface area contributed by atoms with E-state index in [0.717, 1.165) is 19.4 Å². The fourth-order valence-electron chi connectivity index (χ4n) is 2.43. The van der Waals surface area contributed by atoms with E-state index in [2.05, 4.69) is 17.2 Å². The number of aromatic nitrogens is 1. The average molecular weight is 240 g/mol. The Hall–Kier alpha value is -0.450. The second-order valence-corrected chi connectivity index (χ2v) is 5.79. The Balaban J connectivity index is 1.86. The predicted octanol–water partition coefficient (Wildman–Crippen LogP) is 2.35. The highest BCUT2D eigenvalue weighted by Crippen LogP contribution is 2.37. The molecular weight excluding hydrogens is 220 g/mol. The number of nitrogens with zero attached hydrogens (tertiary/aromatic N) is 1. The van der Waals surface area contributed by atoms with Gasteiger partial charge in [0.15, 0.2) is 0 Å². The van der Waals surface area contributed by atoms with Crippen LogP contribution < -0.4 is 5.32 Å². The number of aliphatic hydroxyl groups excluding tert-OH is 1. The molecule has 2 N–H and O–H groups in total. The lowest BCUT2D eigenvalue weighted by molar-refractivity contribution is 0.125. The number of nitrogens with one attached hydrogen (secondary N) is 1. The zero-order valence-electron chi connectivity index (χ0n) is 9.78. The number of hydrogen-bond donors (Lipinski definition) is 2. The Bertz CT molecular complexity index is 307. The predicted molar refractivity (Wildman–Crippen MR) is 66.5 cm³/mol. The summed E-state index contributed by atoms with van der Waals surface area (Å²) in [6.45, 7) is 3.39. The van der Waals surface area contributed by atoms with E-state index < -0.39 is 0 Å². The van der Waals surface area contributed by atoms with E-state index >= 15 is 0 Å². The molecule has 0 saturated heterocycles. The van der Waals surface area contributed by atoms with Crippen LogP contribution in [0.4, 0.5) is 0 Å². The Morgan fingerprint density at radius 3 is 2.88 bits per heavy atom. The van der Waals surface area contributed by atoms with Crippen molar-refractivity contribution in [2.45, 2.75) is 38.6 Å². The normalized spacial score (nSPS) is 21.1. The van der Waals surface area contributed by atoms with Gasteiger partial charge in [-0.1, -0.05) is 12.8 Å². The van der Waals surface area contributed by atoms with Crippen molar-refractivity contribution in [2.75, 3.05) is 13.2 Å². The van der Waals surface area contributed by atoms with E-state index in [9.17, 15) is 5.11 Å². The molecule has 1 aliphatic rings. The molecule has 0 spiro atoms. The molecule has 4 heteroatoms. The van der Waals surface area contributed by atoms with Gasteiger partial charge in [0.1, 0.15) is 0 Å². The number of aliphatic hydroxyl groups is 1. The molecule has 3 nitrogen and oxygen atoms in total. The summed E-state index contributed by atoms with van der Waals surface area (Å²) in [6.07, 6.45) is 6.76. The molecule has 2 rings (SSSR count). The zero-order chi connectivity index (χ0) is 11.4. The highest BCUT2D eigenvalue weighted by Gasteiger charge is 2.33. The maximum Gasteiger partial charge on any atom is 0.0794 e. The van der Waals surface area contributed by atoms with Gasteiger partial charge in [-0.15, -0.1) is 11.3 Å². The lowest BCUT2D eigenvalue weighted by atomic mass is 9.87. The second kappa shape index (κ2) is 5.25. The lowest BCUT2D eigenvalue weighted by Gasteiger charge is -2.28. The largest absolute Gasteiger partial charge is 0.396 e. The minimum absolute atomic E-state index is 0.138. The molecule has 1 aromatic heterocycles. The highest BCUT2D eigenvalue weighted by atomic mass is 32.1. The van der Waals surface area contributed by atoms with Crippen molar-refractivity contribution < 1.29 is 5.11 Å². The van der Waals surface area contributed by atoms with Crippen LogP contribution in [0.25, 0.3) is 0 Å². The fourth-order valence-corrected chi connectivity index (χ4v) is 3.08. The highest BCUT2D eigenvalue weighted by molar-refractivity contribution is 7.09. The van der Waals surface area contributed by atoms with Gasteiger partial charge in [0.25, 0.3) is 0 Å². The molecule has 0 bridgehead atoms. The van der Waals surface area contributed by atoms with Crippen LogP contribution in [0.15, 0.2) is 11.7 Å². The molecule has 1 fully saturated rings. The van der Waals surface area contributed by atoms with Crippen molar-refractivity contribution in [1.82, 2.24) is 10.3 Å². The summed E-state index contributed by atoms with van der Waals surface area (Å²) in [4.78, 5) is 5.36. The summed E-state index contributed by atoms with van der Waals surface area (Å²) in [5, 5.41) is 13.0. The molecule has 1 atom stereocenters. The molecule has 1 aromatic rings. The summed E-state index contributed by atoms with van der Waals surface area (Å²) in [6, 6.07) is 0.344. The lowest BCUT2D eigenvalue weighted by Crippen LogP contribution is -2.36. The van der Waals surface area contributed by atoms with Crippen LogP contribution in [0.2, 0.25) is 0 Å². The second-order valence-electron chi connectivity index (χ2n) is 4.87. The first-order chi connectivity index (χ1) is 7.76. The molecule has 90 valence electrons. The summed E-state index contributed by atoms with van der Waals surface area (Å²) in [7, 11) is 0. The molecule has 0 aliphatic heterocycles. The molecule has 1 heterocycles. The van der Waals surface area contributed by atoms with Crippen molar-refractivity contribution in [2.24, 2.45) is 5.41 Å². The summed E-state index contributed by atoms with van der Waals surface area (Å²) >= 11 is 1.68. The monoisotopic (exact) mass is 240 g/mol. The van der Waals surface area contributed by atoms with Crippen LogP contribution in [-0.2, 0) is 0 Å². The third kappa shape index (κ3) is 2.62. The van der Waals surface area contributed by atoms with Crippen LogP contribution in [0.5, 0.6) is 0 Å². The van der Waals surface area contributed by atoms with Gasteiger partial charge in [-0.2, -0.15) is 0 Å². The molecule has 16 heavy (non-hydrogen) atoms. The van der Waals surface area contributed by atoms with Crippen molar-refractivity contribution in [3.8, 4) is 0 Å². The van der Waals surface area contributed by atoms with Crippen LogP contribution in [0.3, 0.4) is 0 Å². The fraction of sp³-hybridized carbons (Fsp3) is 0.750. The van der Waals surface area contributed by atoms with Gasteiger partial charge in [0.2, 0.25) is 0 Å². The maximum absolute atomic E-state index is 9.51. The molecule has 0 radical (unpaired) electrons. The van der Waals surface area contributed by atoms with Gasteiger partial charge in [0, 0.05) is 35.7 Å². The van der Waals surface area contributed by atoms with Gasteiger partial charge >= 0.3 is 0 Å². The molecule has 1 unspecified atom stereocenters. The average Bonchev–Trinajstić information content (AvgIpc) is 2.98. The topological polar surface area (TPSA) is 45.1 Å². The van der Waals surface area contributed by atoms with Gasteiger partial charge in [-0.3, -0.25) is 4.98 Å². The third-order valence-corrected chi connectivity index (χ3v) is 4.62. The number of hydrogen-bond acceptors (Lipinski definition) is 4. The van der Waals surface area contributed by atoms with Gasteiger partial charge in [0.05, 0.1) is 5.51 Å². The van der Waals surface area contributed by atoms with Crippen molar-refractivity contribution in [3.63, 3.8) is 0 Å². The van der Waals surface area contributed by atoms with Crippen LogP contribution in [-0.4, -0.2) is 23.2 Å². The van der Waals surface area contributed by atoms with E-state index in [-0.39, 0.29) is 5.41 Å².